The lowest BCUT2D eigenvalue weighted by molar-refractivity contribution is -0.175. The number of aromatic nitrogens is 1. The molecule has 0 aliphatic heterocycles. The number of nitrogens with zero attached hydrogens (tertiary/aromatic N) is 1. The zero-order chi connectivity index (χ0) is 14.3. The molecule has 0 aliphatic rings. The van der Waals surface area contributed by atoms with Crippen molar-refractivity contribution in [2.75, 3.05) is 13.2 Å². The number of hydrogen-bond donors (Lipinski definition) is 2. The van der Waals surface area contributed by atoms with Crippen LogP contribution in [0.2, 0.25) is 0 Å². The van der Waals surface area contributed by atoms with Crippen molar-refractivity contribution in [1.29, 1.82) is 0 Å². The van der Waals surface area contributed by atoms with Gasteiger partial charge in [-0.25, -0.2) is 0 Å². The van der Waals surface area contributed by atoms with Gasteiger partial charge in [-0.15, -0.1) is 0 Å². The van der Waals surface area contributed by atoms with Crippen LogP contribution in [0.5, 0.6) is 0 Å². The smallest absolute Gasteiger partial charge is 0.370 e. The minimum Gasteiger partial charge on any atom is -0.370 e. The van der Waals surface area contributed by atoms with Gasteiger partial charge in [-0.2, -0.15) is 13.2 Å². The predicted octanol–water partition coefficient (Wildman–Crippen LogP) is 1.60. The number of nitrogens with one attached hydrogen (secondary N) is 1. The van der Waals surface area contributed by atoms with Crippen molar-refractivity contribution in [3.63, 3.8) is 0 Å². The van der Waals surface area contributed by atoms with E-state index in [4.69, 9.17) is 5.84 Å². The largest absolute Gasteiger partial charge is 0.411 e. The summed E-state index contributed by atoms with van der Waals surface area (Å²) in [6.07, 6.45) is -1.27. The predicted molar refractivity (Wildman–Crippen MR) is 65.3 cm³/mol. The summed E-state index contributed by atoms with van der Waals surface area (Å²) >= 11 is 0. The minimum atomic E-state index is -4.32. The van der Waals surface area contributed by atoms with Crippen LogP contribution in [0.1, 0.15) is 18.2 Å². The van der Waals surface area contributed by atoms with Crippen LogP contribution in [-0.2, 0) is 17.6 Å². The normalized spacial score (nSPS) is 13.5. The molecule has 1 atom stereocenters. The molecule has 108 valence electrons. The average molecular weight is 277 g/mol. The Morgan fingerprint density at radius 2 is 2.16 bits per heavy atom. The molecule has 1 aromatic heterocycles. The van der Waals surface area contributed by atoms with Gasteiger partial charge >= 0.3 is 6.18 Å². The minimum absolute atomic E-state index is 0.118. The maximum atomic E-state index is 11.9. The third-order valence-corrected chi connectivity index (χ3v) is 2.57. The molecule has 0 aromatic carbocycles. The van der Waals surface area contributed by atoms with Gasteiger partial charge in [0.2, 0.25) is 0 Å². The van der Waals surface area contributed by atoms with Crippen LogP contribution in [0.3, 0.4) is 0 Å². The summed E-state index contributed by atoms with van der Waals surface area (Å²) in [5, 5.41) is 0. The first-order chi connectivity index (χ1) is 8.94. The van der Waals surface area contributed by atoms with Crippen LogP contribution < -0.4 is 11.3 Å². The Balaban J connectivity index is 2.42. The lowest BCUT2D eigenvalue weighted by atomic mass is 10.1. The molecule has 1 unspecified atom stereocenters. The molecule has 0 aliphatic carbocycles. The van der Waals surface area contributed by atoms with Gasteiger partial charge in [-0.1, -0.05) is 13.0 Å². The molecule has 0 fully saturated rings. The van der Waals surface area contributed by atoms with Crippen molar-refractivity contribution < 1.29 is 17.9 Å². The molecular formula is C12H18F3N3O. The van der Waals surface area contributed by atoms with E-state index in [0.717, 1.165) is 17.7 Å². The van der Waals surface area contributed by atoms with Crippen LogP contribution in [-0.4, -0.2) is 30.4 Å². The number of aryl methyl sites for hydroxylation is 1. The van der Waals surface area contributed by atoms with Gasteiger partial charge in [-0.3, -0.25) is 16.3 Å². The fourth-order valence-corrected chi connectivity index (χ4v) is 1.52. The first-order valence-corrected chi connectivity index (χ1v) is 5.99. The molecule has 0 radical (unpaired) electrons. The molecule has 1 rings (SSSR count). The van der Waals surface area contributed by atoms with Crippen molar-refractivity contribution in [3.05, 3.63) is 29.6 Å². The van der Waals surface area contributed by atoms with Crippen molar-refractivity contribution in [2.45, 2.75) is 32.0 Å². The topological polar surface area (TPSA) is 60.2 Å². The molecule has 0 spiro atoms. The maximum Gasteiger partial charge on any atom is 0.411 e. The maximum absolute atomic E-state index is 11.9. The molecule has 0 saturated heterocycles. The van der Waals surface area contributed by atoms with Gasteiger partial charge in [-0.05, 0) is 18.1 Å². The summed E-state index contributed by atoms with van der Waals surface area (Å²) in [5.74, 6) is 5.29. The molecule has 1 aromatic rings. The SMILES string of the molecule is CCc1ccc(CC(COCC(F)(F)F)NN)nc1. The van der Waals surface area contributed by atoms with E-state index >= 15 is 0 Å². The van der Waals surface area contributed by atoms with Gasteiger partial charge < -0.3 is 4.74 Å². The standard InChI is InChI=1S/C12H18F3N3O/c1-2-9-3-4-10(17-6-9)5-11(18-16)7-19-8-12(13,14)15/h3-4,6,11,18H,2,5,7-8,16H2,1H3. The number of halogens is 3. The highest BCUT2D eigenvalue weighted by molar-refractivity contribution is 5.14. The van der Waals surface area contributed by atoms with E-state index in [1.807, 2.05) is 19.1 Å². The van der Waals surface area contributed by atoms with E-state index in [1.165, 1.54) is 0 Å². The van der Waals surface area contributed by atoms with Crippen LogP contribution in [0.25, 0.3) is 0 Å². The lowest BCUT2D eigenvalue weighted by Gasteiger charge is -2.16. The molecule has 7 heteroatoms. The van der Waals surface area contributed by atoms with Crippen molar-refractivity contribution >= 4 is 0 Å². The molecule has 0 saturated carbocycles. The number of alkyl halides is 3. The molecular weight excluding hydrogens is 259 g/mol. The summed E-state index contributed by atoms with van der Waals surface area (Å²) in [6.45, 7) is 0.631. The Labute approximate surface area is 110 Å². The summed E-state index contributed by atoms with van der Waals surface area (Å²) < 4.78 is 40.4. The van der Waals surface area contributed by atoms with Crippen LogP contribution in [0.4, 0.5) is 13.2 Å². The highest BCUT2D eigenvalue weighted by Crippen LogP contribution is 2.14. The molecule has 1 heterocycles. The fourth-order valence-electron chi connectivity index (χ4n) is 1.52. The second-order valence-electron chi connectivity index (χ2n) is 4.21. The second kappa shape index (κ2) is 7.42. The van der Waals surface area contributed by atoms with E-state index in [-0.39, 0.29) is 6.61 Å². The summed E-state index contributed by atoms with van der Waals surface area (Å²) in [7, 11) is 0. The third kappa shape index (κ3) is 6.51. The quantitative estimate of drug-likeness (QED) is 0.587. The van der Waals surface area contributed by atoms with Crippen molar-refractivity contribution in [1.82, 2.24) is 10.4 Å². The summed E-state index contributed by atoms with van der Waals surface area (Å²) in [4.78, 5) is 4.22. The molecule has 0 amide bonds. The van der Waals surface area contributed by atoms with Gasteiger partial charge in [0.1, 0.15) is 6.61 Å². The van der Waals surface area contributed by atoms with Gasteiger partial charge in [0.05, 0.1) is 6.61 Å². The average Bonchev–Trinajstić information content (AvgIpc) is 2.37. The summed E-state index contributed by atoms with van der Waals surface area (Å²) in [5.41, 5.74) is 4.30. The number of ether oxygens (including phenoxy) is 1. The lowest BCUT2D eigenvalue weighted by Crippen LogP contribution is -2.41. The Morgan fingerprint density at radius 3 is 2.63 bits per heavy atom. The number of pyridine rings is 1. The van der Waals surface area contributed by atoms with Crippen LogP contribution >= 0.6 is 0 Å². The zero-order valence-electron chi connectivity index (χ0n) is 10.7. The summed E-state index contributed by atoms with van der Waals surface area (Å²) in [6, 6.07) is 3.38. The molecule has 19 heavy (non-hydrogen) atoms. The molecule has 4 nitrogen and oxygen atoms in total. The van der Waals surface area contributed by atoms with Crippen molar-refractivity contribution in [3.8, 4) is 0 Å². The second-order valence-corrected chi connectivity index (χ2v) is 4.21. The number of hydrogen-bond acceptors (Lipinski definition) is 4. The Morgan fingerprint density at radius 1 is 1.42 bits per heavy atom. The van der Waals surface area contributed by atoms with E-state index in [1.54, 1.807) is 6.20 Å². The van der Waals surface area contributed by atoms with Crippen molar-refractivity contribution in [2.24, 2.45) is 5.84 Å². The number of rotatable bonds is 7. The van der Waals surface area contributed by atoms with Gasteiger partial charge in [0.15, 0.2) is 0 Å². The van der Waals surface area contributed by atoms with Crippen LogP contribution in [0.15, 0.2) is 18.3 Å². The van der Waals surface area contributed by atoms with Gasteiger partial charge in [0, 0.05) is 24.4 Å². The van der Waals surface area contributed by atoms with E-state index in [9.17, 15) is 13.2 Å². The molecule has 3 N–H and O–H groups in total. The highest BCUT2D eigenvalue weighted by atomic mass is 19.4. The van der Waals surface area contributed by atoms with E-state index in [0.29, 0.717) is 6.42 Å². The Bertz CT molecular complexity index is 367. The van der Waals surface area contributed by atoms with Gasteiger partial charge in [0.25, 0.3) is 0 Å². The Hall–Kier alpha value is -1.18. The van der Waals surface area contributed by atoms with Crippen LogP contribution in [0, 0.1) is 0 Å². The number of hydrazine groups is 1. The van der Waals surface area contributed by atoms with E-state index < -0.39 is 18.8 Å². The monoisotopic (exact) mass is 277 g/mol. The third-order valence-electron chi connectivity index (χ3n) is 2.57. The highest BCUT2D eigenvalue weighted by Gasteiger charge is 2.27. The first kappa shape index (κ1) is 15.9. The number of nitrogens with two attached hydrogens (primary N) is 1. The first-order valence-electron chi connectivity index (χ1n) is 5.99. The fraction of sp³-hybridized carbons (Fsp3) is 0.583. The van der Waals surface area contributed by atoms with E-state index in [2.05, 4.69) is 15.1 Å². The molecule has 0 bridgehead atoms. The zero-order valence-corrected chi connectivity index (χ0v) is 10.7. The Kier molecular flexibility index (Phi) is 6.20.